The van der Waals surface area contributed by atoms with E-state index >= 15 is 0 Å². The lowest BCUT2D eigenvalue weighted by Crippen LogP contribution is -2.35. The number of carbonyl (C=O) groups excluding carboxylic acids is 1. The van der Waals surface area contributed by atoms with Gasteiger partial charge in [0.25, 0.3) is 0 Å². The van der Waals surface area contributed by atoms with Crippen LogP contribution >= 0.6 is 11.8 Å². The second kappa shape index (κ2) is 7.49. The van der Waals surface area contributed by atoms with Crippen molar-refractivity contribution in [3.05, 3.63) is 0 Å². The van der Waals surface area contributed by atoms with Crippen molar-refractivity contribution >= 4 is 23.5 Å². The Labute approximate surface area is 88.1 Å². The molecule has 0 heterocycles. The Morgan fingerprint density at radius 2 is 2.36 bits per heavy atom. The third kappa shape index (κ3) is 6.59. The van der Waals surface area contributed by atoms with Crippen molar-refractivity contribution in [2.75, 3.05) is 12.0 Å². The van der Waals surface area contributed by atoms with Gasteiger partial charge >= 0.3 is 0 Å². The molecule has 4 N–H and O–H groups in total. The molecule has 0 spiro atoms. The molecule has 0 saturated carbocycles. The molecule has 0 aliphatic heterocycles. The Morgan fingerprint density at radius 1 is 1.71 bits per heavy atom. The van der Waals surface area contributed by atoms with Gasteiger partial charge in [0, 0.05) is 6.04 Å². The predicted octanol–water partition coefficient (Wildman–Crippen LogP) is 0.381. The van der Waals surface area contributed by atoms with Gasteiger partial charge in [0.05, 0.1) is 6.42 Å². The molecule has 6 heteroatoms. The van der Waals surface area contributed by atoms with Gasteiger partial charge in [-0.1, -0.05) is 5.16 Å². The van der Waals surface area contributed by atoms with Gasteiger partial charge in [-0.15, -0.1) is 0 Å². The summed E-state index contributed by atoms with van der Waals surface area (Å²) in [5.41, 5.74) is 5.18. The lowest BCUT2D eigenvalue weighted by atomic mass is 10.2. The number of amidine groups is 1. The summed E-state index contributed by atoms with van der Waals surface area (Å²) in [4.78, 5) is 11.2. The quantitative estimate of drug-likeness (QED) is 0.261. The van der Waals surface area contributed by atoms with Crippen LogP contribution in [0.1, 0.15) is 19.8 Å². The number of rotatable bonds is 6. The summed E-state index contributed by atoms with van der Waals surface area (Å²) in [5.74, 6) is 0.721. The van der Waals surface area contributed by atoms with E-state index < -0.39 is 0 Å². The molecule has 0 rings (SSSR count). The molecule has 0 saturated heterocycles. The second-order valence-electron chi connectivity index (χ2n) is 3.02. The number of hydrogen-bond donors (Lipinski definition) is 3. The number of hydrogen-bond acceptors (Lipinski definition) is 4. The first-order valence-corrected chi connectivity index (χ1v) is 5.74. The first-order valence-electron chi connectivity index (χ1n) is 4.34. The number of amides is 1. The minimum absolute atomic E-state index is 0.0554. The van der Waals surface area contributed by atoms with Gasteiger partial charge in [0.1, 0.15) is 5.84 Å². The molecule has 0 aliphatic carbocycles. The van der Waals surface area contributed by atoms with E-state index in [0.717, 1.165) is 12.2 Å². The van der Waals surface area contributed by atoms with Gasteiger partial charge in [-0.25, -0.2) is 0 Å². The standard InChI is InChI=1S/C8H17N3O2S/c1-6(3-4-14-2)10-8(12)5-7(9)11-13/h6,13H,3-5H2,1-2H3,(H2,9,11)(H,10,12). The van der Waals surface area contributed by atoms with Crippen LogP contribution < -0.4 is 11.1 Å². The lowest BCUT2D eigenvalue weighted by molar-refractivity contribution is -0.120. The van der Waals surface area contributed by atoms with Crippen molar-refractivity contribution in [1.82, 2.24) is 5.32 Å². The van der Waals surface area contributed by atoms with E-state index in [1.54, 1.807) is 11.8 Å². The number of nitrogens with one attached hydrogen (secondary N) is 1. The minimum atomic E-state index is -0.214. The molecule has 0 aromatic carbocycles. The number of nitrogens with two attached hydrogens (primary N) is 1. The zero-order valence-electron chi connectivity index (χ0n) is 8.49. The zero-order chi connectivity index (χ0) is 11.0. The summed E-state index contributed by atoms with van der Waals surface area (Å²) in [6.07, 6.45) is 2.88. The van der Waals surface area contributed by atoms with Crippen molar-refractivity contribution in [2.45, 2.75) is 25.8 Å². The zero-order valence-corrected chi connectivity index (χ0v) is 9.30. The van der Waals surface area contributed by atoms with Gasteiger partial charge < -0.3 is 16.3 Å². The number of nitrogens with zero attached hydrogens (tertiary/aromatic N) is 1. The molecular weight excluding hydrogens is 202 g/mol. The number of carbonyl (C=O) groups is 1. The van der Waals surface area contributed by atoms with Crippen LogP contribution in [0.5, 0.6) is 0 Å². The highest BCUT2D eigenvalue weighted by atomic mass is 32.2. The van der Waals surface area contributed by atoms with Crippen molar-refractivity contribution in [3.63, 3.8) is 0 Å². The summed E-state index contributed by atoms with van der Waals surface area (Å²) in [6.45, 7) is 1.93. The molecule has 82 valence electrons. The number of thioether (sulfide) groups is 1. The Balaban J connectivity index is 3.71. The lowest BCUT2D eigenvalue weighted by Gasteiger charge is -2.12. The van der Waals surface area contributed by atoms with Gasteiger partial charge in [-0.3, -0.25) is 4.79 Å². The summed E-state index contributed by atoms with van der Waals surface area (Å²) < 4.78 is 0. The molecule has 0 radical (unpaired) electrons. The smallest absolute Gasteiger partial charge is 0.227 e. The van der Waals surface area contributed by atoms with Crippen LogP contribution in [0.25, 0.3) is 0 Å². The molecule has 1 unspecified atom stereocenters. The summed E-state index contributed by atoms with van der Waals surface area (Å²) in [6, 6.07) is 0.126. The second-order valence-corrected chi connectivity index (χ2v) is 4.00. The van der Waals surface area contributed by atoms with Crippen LogP contribution in [0, 0.1) is 0 Å². The summed E-state index contributed by atoms with van der Waals surface area (Å²) >= 11 is 1.74. The van der Waals surface area contributed by atoms with E-state index in [4.69, 9.17) is 10.9 Å². The van der Waals surface area contributed by atoms with Crippen LogP contribution in [0.15, 0.2) is 5.16 Å². The highest BCUT2D eigenvalue weighted by molar-refractivity contribution is 7.98. The Morgan fingerprint density at radius 3 is 2.86 bits per heavy atom. The highest BCUT2D eigenvalue weighted by Crippen LogP contribution is 1.99. The molecular formula is C8H17N3O2S. The average molecular weight is 219 g/mol. The van der Waals surface area contributed by atoms with Crippen molar-refractivity contribution in [3.8, 4) is 0 Å². The van der Waals surface area contributed by atoms with Crippen molar-refractivity contribution < 1.29 is 10.0 Å². The number of oxime groups is 1. The van der Waals surface area contributed by atoms with Crippen molar-refractivity contribution in [2.24, 2.45) is 10.9 Å². The van der Waals surface area contributed by atoms with E-state index in [-0.39, 0.29) is 24.2 Å². The van der Waals surface area contributed by atoms with Crippen LogP contribution in [0.4, 0.5) is 0 Å². The van der Waals surface area contributed by atoms with Crippen LogP contribution in [0.3, 0.4) is 0 Å². The topological polar surface area (TPSA) is 87.7 Å². The van der Waals surface area contributed by atoms with Gasteiger partial charge in [0.2, 0.25) is 5.91 Å². The predicted molar refractivity (Wildman–Crippen MR) is 58.6 cm³/mol. The highest BCUT2D eigenvalue weighted by Gasteiger charge is 2.08. The van der Waals surface area contributed by atoms with Crippen LogP contribution in [-0.2, 0) is 4.79 Å². The fraction of sp³-hybridized carbons (Fsp3) is 0.750. The first-order chi connectivity index (χ1) is 6.60. The van der Waals surface area contributed by atoms with E-state index in [0.29, 0.717) is 0 Å². The molecule has 0 aliphatic rings. The maximum atomic E-state index is 11.2. The summed E-state index contributed by atoms with van der Waals surface area (Å²) in [5, 5.41) is 13.7. The Bertz CT molecular complexity index is 209. The fourth-order valence-corrected chi connectivity index (χ4v) is 1.48. The third-order valence-corrected chi connectivity index (χ3v) is 2.28. The third-order valence-electron chi connectivity index (χ3n) is 1.63. The van der Waals surface area contributed by atoms with E-state index in [1.807, 2.05) is 13.2 Å². The van der Waals surface area contributed by atoms with Crippen molar-refractivity contribution in [1.29, 1.82) is 0 Å². The maximum absolute atomic E-state index is 11.2. The molecule has 0 aromatic heterocycles. The SMILES string of the molecule is CSCCC(C)NC(=O)CC(N)=NO. The van der Waals surface area contributed by atoms with Gasteiger partial charge in [-0.05, 0) is 25.4 Å². The molecule has 14 heavy (non-hydrogen) atoms. The largest absolute Gasteiger partial charge is 0.409 e. The van der Waals surface area contributed by atoms with E-state index in [2.05, 4.69) is 10.5 Å². The van der Waals surface area contributed by atoms with Crippen LogP contribution in [0.2, 0.25) is 0 Å². The van der Waals surface area contributed by atoms with Crippen LogP contribution in [-0.4, -0.2) is 35.0 Å². The maximum Gasteiger partial charge on any atom is 0.227 e. The Hall–Kier alpha value is -0.910. The normalized spacial score (nSPS) is 13.7. The first kappa shape index (κ1) is 13.1. The monoisotopic (exact) mass is 219 g/mol. The molecule has 0 aromatic rings. The molecule has 5 nitrogen and oxygen atoms in total. The Kier molecular flexibility index (Phi) is 7.00. The van der Waals surface area contributed by atoms with E-state index in [9.17, 15) is 4.79 Å². The summed E-state index contributed by atoms with van der Waals surface area (Å²) in [7, 11) is 0. The van der Waals surface area contributed by atoms with E-state index in [1.165, 1.54) is 0 Å². The average Bonchev–Trinajstić information content (AvgIpc) is 2.14. The molecule has 0 fully saturated rings. The van der Waals surface area contributed by atoms with Gasteiger partial charge in [-0.2, -0.15) is 11.8 Å². The molecule has 0 bridgehead atoms. The fourth-order valence-electron chi connectivity index (χ4n) is 0.893. The molecule has 1 amide bonds. The molecule has 1 atom stereocenters. The minimum Gasteiger partial charge on any atom is -0.409 e. The van der Waals surface area contributed by atoms with Gasteiger partial charge in [0.15, 0.2) is 0 Å².